The van der Waals surface area contributed by atoms with Crippen molar-refractivity contribution in [2.75, 3.05) is 5.32 Å². The molecule has 2 aromatic heterocycles. The highest BCUT2D eigenvalue weighted by molar-refractivity contribution is 5.66. The maximum absolute atomic E-state index is 4.49. The molecule has 5 heteroatoms. The first-order valence-electron chi connectivity index (χ1n) is 9.43. The van der Waals surface area contributed by atoms with Crippen LogP contribution in [0, 0.1) is 6.92 Å². The molecule has 0 bridgehead atoms. The monoisotopic (exact) mass is 347 g/mol. The van der Waals surface area contributed by atoms with Crippen LogP contribution in [0.3, 0.4) is 0 Å². The van der Waals surface area contributed by atoms with Crippen LogP contribution in [0.1, 0.15) is 49.3 Å². The lowest BCUT2D eigenvalue weighted by Crippen LogP contribution is -2.09. The van der Waals surface area contributed by atoms with Crippen LogP contribution in [0.5, 0.6) is 0 Å². The third kappa shape index (κ3) is 3.34. The minimum atomic E-state index is 0.140. The summed E-state index contributed by atoms with van der Waals surface area (Å²) in [5.41, 5.74) is 4.49. The van der Waals surface area contributed by atoms with E-state index in [-0.39, 0.29) is 6.04 Å². The number of anilines is 1. The Morgan fingerprint density at radius 1 is 1.08 bits per heavy atom. The predicted molar refractivity (Wildman–Crippen MR) is 104 cm³/mol. The van der Waals surface area contributed by atoms with Crippen molar-refractivity contribution in [2.45, 2.75) is 52.1 Å². The van der Waals surface area contributed by atoms with Crippen molar-refractivity contribution in [1.82, 2.24) is 19.7 Å². The second-order valence-corrected chi connectivity index (χ2v) is 7.05. The molecule has 3 heterocycles. The lowest BCUT2D eigenvalue weighted by Gasteiger charge is -2.17. The number of hydrogen-bond donors (Lipinski definition) is 1. The third-order valence-electron chi connectivity index (χ3n) is 5.11. The van der Waals surface area contributed by atoms with E-state index < -0.39 is 0 Å². The number of fused-ring (bicyclic) bond motifs is 1. The van der Waals surface area contributed by atoms with Gasteiger partial charge in [0.05, 0.1) is 11.7 Å². The lowest BCUT2D eigenvalue weighted by atomic mass is 10.1. The zero-order valence-electron chi connectivity index (χ0n) is 15.4. The van der Waals surface area contributed by atoms with E-state index in [0.29, 0.717) is 0 Å². The van der Waals surface area contributed by atoms with Crippen molar-refractivity contribution in [3.05, 3.63) is 59.7 Å². The Kier molecular flexibility index (Phi) is 4.69. The zero-order chi connectivity index (χ0) is 17.9. The van der Waals surface area contributed by atoms with Gasteiger partial charge >= 0.3 is 0 Å². The normalized spacial score (nSPS) is 15.2. The van der Waals surface area contributed by atoms with E-state index in [9.17, 15) is 0 Å². The molecule has 0 aliphatic carbocycles. The smallest absolute Gasteiger partial charge is 0.164 e. The summed E-state index contributed by atoms with van der Waals surface area (Å²) < 4.78 is 2.30. The molecule has 0 spiro atoms. The molecule has 1 aromatic carbocycles. The van der Waals surface area contributed by atoms with E-state index in [1.54, 1.807) is 0 Å². The molecule has 0 saturated carbocycles. The molecule has 134 valence electrons. The van der Waals surface area contributed by atoms with Crippen LogP contribution in [0.2, 0.25) is 0 Å². The Hall–Kier alpha value is -2.69. The quantitative estimate of drug-likeness (QED) is 0.752. The molecule has 1 aliphatic rings. The molecule has 1 N–H and O–H groups in total. The van der Waals surface area contributed by atoms with E-state index in [4.69, 9.17) is 0 Å². The molecule has 0 unspecified atom stereocenters. The molecule has 0 amide bonds. The number of nitrogens with zero attached hydrogens (tertiary/aromatic N) is 4. The van der Waals surface area contributed by atoms with Crippen molar-refractivity contribution in [3.8, 4) is 11.4 Å². The fourth-order valence-electron chi connectivity index (χ4n) is 3.55. The Balaban J connectivity index is 1.64. The summed E-state index contributed by atoms with van der Waals surface area (Å²) in [6, 6.07) is 12.6. The fraction of sp³-hybridized carbons (Fsp3) is 0.381. The van der Waals surface area contributed by atoms with Crippen LogP contribution in [-0.4, -0.2) is 19.7 Å². The number of aryl methyl sites for hydroxylation is 2. The first-order valence-corrected chi connectivity index (χ1v) is 9.43. The van der Waals surface area contributed by atoms with Gasteiger partial charge in [-0.05, 0) is 50.5 Å². The molecule has 4 rings (SSSR count). The van der Waals surface area contributed by atoms with Gasteiger partial charge in [0.15, 0.2) is 5.82 Å². The average Bonchev–Trinajstić information content (AvgIpc) is 2.92. The average molecular weight is 347 g/mol. The molecule has 26 heavy (non-hydrogen) atoms. The summed E-state index contributed by atoms with van der Waals surface area (Å²) in [5.74, 6) is 2.10. The second-order valence-electron chi connectivity index (χ2n) is 7.05. The lowest BCUT2D eigenvalue weighted by molar-refractivity contribution is 0.636. The van der Waals surface area contributed by atoms with E-state index in [1.807, 2.05) is 18.3 Å². The van der Waals surface area contributed by atoms with Crippen molar-refractivity contribution in [3.63, 3.8) is 0 Å². The predicted octanol–water partition coefficient (Wildman–Crippen LogP) is 4.55. The Labute approximate surface area is 154 Å². The van der Waals surface area contributed by atoms with Crippen molar-refractivity contribution in [2.24, 2.45) is 0 Å². The van der Waals surface area contributed by atoms with Gasteiger partial charge in [0.2, 0.25) is 0 Å². The van der Waals surface area contributed by atoms with Crippen molar-refractivity contribution < 1.29 is 0 Å². The minimum absolute atomic E-state index is 0.140. The van der Waals surface area contributed by atoms with Crippen LogP contribution >= 0.6 is 0 Å². The summed E-state index contributed by atoms with van der Waals surface area (Å²) in [4.78, 5) is 4.46. The molecule has 0 radical (unpaired) electrons. The number of benzene rings is 1. The largest absolute Gasteiger partial charge is 0.377 e. The number of aromatic nitrogens is 4. The first kappa shape index (κ1) is 16.8. The van der Waals surface area contributed by atoms with E-state index in [0.717, 1.165) is 41.6 Å². The maximum Gasteiger partial charge on any atom is 0.164 e. The Morgan fingerprint density at radius 2 is 2.00 bits per heavy atom. The molecular weight excluding hydrogens is 322 g/mol. The Morgan fingerprint density at radius 3 is 2.85 bits per heavy atom. The topological polar surface area (TPSA) is 55.6 Å². The van der Waals surface area contributed by atoms with Gasteiger partial charge in [0.25, 0.3) is 0 Å². The highest BCUT2D eigenvalue weighted by Gasteiger charge is 2.17. The molecule has 0 saturated heterocycles. The van der Waals surface area contributed by atoms with Gasteiger partial charge in [-0.1, -0.05) is 24.6 Å². The van der Waals surface area contributed by atoms with Gasteiger partial charge < -0.3 is 9.88 Å². The zero-order valence-corrected chi connectivity index (χ0v) is 15.4. The Bertz CT molecular complexity index is 885. The standard InChI is InChI=1S/C21H25N5/c1-15-10-11-17(21-25-24-20-9-4-3-7-13-26(20)21)14-19(15)23-16(2)18-8-5-6-12-22-18/h5-6,8,10-12,14,16,23H,3-4,7,9,13H2,1-2H3/t16-/m1/s1. The third-order valence-corrected chi connectivity index (χ3v) is 5.11. The highest BCUT2D eigenvalue weighted by atomic mass is 15.3. The summed E-state index contributed by atoms with van der Waals surface area (Å²) >= 11 is 0. The van der Waals surface area contributed by atoms with Crippen LogP contribution < -0.4 is 5.32 Å². The first-order chi connectivity index (χ1) is 12.7. The van der Waals surface area contributed by atoms with Gasteiger partial charge in [-0.15, -0.1) is 10.2 Å². The second kappa shape index (κ2) is 7.28. The van der Waals surface area contributed by atoms with Crippen molar-refractivity contribution >= 4 is 5.69 Å². The summed E-state index contributed by atoms with van der Waals surface area (Å²) in [7, 11) is 0. The number of pyridine rings is 1. The maximum atomic E-state index is 4.49. The minimum Gasteiger partial charge on any atom is -0.377 e. The molecule has 1 aliphatic heterocycles. The summed E-state index contributed by atoms with van der Waals surface area (Å²) in [5, 5.41) is 12.5. The molecule has 3 aromatic rings. The van der Waals surface area contributed by atoms with Crippen LogP contribution in [0.15, 0.2) is 42.6 Å². The van der Waals surface area contributed by atoms with Crippen molar-refractivity contribution in [1.29, 1.82) is 0 Å². The van der Waals surface area contributed by atoms with Crippen LogP contribution in [-0.2, 0) is 13.0 Å². The van der Waals surface area contributed by atoms with Gasteiger partial charge in [-0.3, -0.25) is 4.98 Å². The molecule has 5 nitrogen and oxygen atoms in total. The summed E-state index contributed by atoms with van der Waals surface area (Å²) in [6.07, 6.45) is 6.54. The fourth-order valence-corrected chi connectivity index (χ4v) is 3.55. The van der Waals surface area contributed by atoms with Gasteiger partial charge in [-0.2, -0.15) is 0 Å². The highest BCUT2D eigenvalue weighted by Crippen LogP contribution is 2.28. The van der Waals surface area contributed by atoms with Gasteiger partial charge in [0.1, 0.15) is 5.82 Å². The van der Waals surface area contributed by atoms with Gasteiger partial charge in [-0.25, -0.2) is 0 Å². The summed E-state index contributed by atoms with van der Waals surface area (Å²) in [6.45, 7) is 5.28. The van der Waals surface area contributed by atoms with Crippen LogP contribution in [0.4, 0.5) is 5.69 Å². The number of rotatable bonds is 4. The van der Waals surface area contributed by atoms with E-state index in [1.165, 1.54) is 24.8 Å². The number of hydrogen-bond acceptors (Lipinski definition) is 4. The van der Waals surface area contributed by atoms with Crippen LogP contribution in [0.25, 0.3) is 11.4 Å². The number of nitrogens with one attached hydrogen (secondary N) is 1. The molecule has 1 atom stereocenters. The van der Waals surface area contributed by atoms with E-state index in [2.05, 4.69) is 63.2 Å². The molecular formula is C21H25N5. The van der Waals surface area contributed by atoms with Gasteiger partial charge in [0, 0.05) is 30.4 Å². The SMILES string of the molecule is Cc1ccc(-c2nnc3n2CCCCC3)cc1N[C@H](C)c1ccccn1. The van der Waals surface area contributed by atoms with E-state index >= 15 is 0 Å². The molecule has 0 fully saturated rings.